The van der Waals surface area contributed by atoms with Crippen molar-refractivity contribution in [3.63, 3.8) is 0 Å². The molecule has 6 heteroatoms. The molecule has 2 aliphatic heterocycles. The van der Waals surface area contributed by atoms with Gasteiger partial charge in [-0.15, -0.1) is 0 Å². The van der Waals surface area contributed by atoms with E-state index in [1.54, 1.807) is 0 Å². The highest BCUT2D eigenvalue weighted by Crippen LogP contribution is 2.43. The van der Waals surface area contributed by atoms with Gasteiger partial charge in [0.05, 0.1) is 16.2 Å². The van der Waals surface area contributed by atoms with Crippen molar-refractivity contribution in [1.82, 2.24) is 0 Å². The average Bonchev–Trinajstić information content (AvgIpc) is 3.50. The monoisotopic (exact) mass is 457 g/mol. The molecular weight excluding hydrogens is 438 g/mol. The van der Waals surface area contributed by atoms with Gasteiger partial charge in [-0.3, -0.25) is 0 Å². The van der Waals surface area contributed by atoms with Crippen LogP contribution in [0.15, 0.2) is 72.9 Å². The Labute approximate surface area is 196 Å². The van der Waals surface area contributed by atoms with Gasteiger partial charge in [0, 0.05) is 11.8 Å². The third kappa shape index (κ3) is 3.11. The standard InChI is InChI=1S/C27H20NO4.ClH/c1-2-4-17(5-3-1)10-11-28-14-22-19(8-9-23-27(22)32-16-29-23)20-7-6-18-12-24-25(31-15-30-24)13-21(18)26(20)28;/h1-9,12-14H,10-11,15-16H2;1H/q+1;/p-1. The second kappa shape index (κ2) is 7.71. The Hall–Kier alpha value is -3.70. The predicted octanol–water partition coefficient (Wildman–Crippen LogP) is 2.14. The van der Waals surface area contributed by atoms with E-state index in [0.29, 0.717) is 0 Å². The number of aryl methyl sites for hydroxylation is 2. The summed E-state index contributed by atoms with van der Waals surface area (Å²) >= 11 is 0. The maximum atomic E-state index is 5.85. The maximum Gasteiger partial charge on any atom is 0.231 e. The lowest BCUT2D eigenvalue weighted by molar-refractivity contribution is -0.668. The lowest BCUT2D eigenvalue weighted by Crippen LogP contribution is -3.00. The molecule has 2 aliphatic rings. The van der Waals surface area contributed by atoms with Gasteiger partial charge in [-0.1, -0.05) is 36.4 Å². The molecule has 0 spiro atoms. The summed E-state index contributed by atoms with van der Waals surface area (Å²) in [5.74, 6) is 3.22. The maximum absolute atomic E-state index is 5.85. The molecular formula is C27H20ClNO4. The van der Waals surface area contributed by atoms with Crippen molar-refractivity contribution in [2.24, 2.45) is 0 Å². The van der Waals surface area contributed by atoms with Gasteiger partial charge in [0.25, 0.3) is 0 Å². The van der Waals surface area contributed by atoms with Gasteiger partial charge in [0.15, 0.2) is 35.7 Å². The van der Waals surface area contributed by atoms with Gasteiger partial charge in [-0.05, 0) is 41.3 Å². The van der Waals surface area contributed by atoms with Crippen molar-refractivity contribution in [3.8, 4) is 23.0 Å². The Morgan fingerprint density at radius 2 is 1.42 bits per heavy atom. The number of rotatable bonds is 3. The number of pyridine rings is 1. The second-order valence-corrected chi connectivity index (χ2v) is 8.21. The van der Waals surface area contributed by atoms with Crippen LogP contribution < -0.4 is 35.9 Å². The molecule has 0 saturated carbocycles. The number of halogens is 1. The molecule has 0 unspecified atom stereocenters. The van der Waals surface area contributed by atoms with Crippen molar-refractivity contribution in [3.05, 3.63) is 78.5 Å². The Balaban J connectivity index is 0.00000206. The van der Waals surface area contributed by atoms with Crippen LogP contribution in [0.1, 0.15) is 5.56 Å². The molecule has 0 bridgehead atoms. The van der Waals surface area contributed by atoms with E-state index in [0.717, 1.165) is 57.5 Å². The normalized spacial score (nSPS) is 13.6. The molecule has 5 aromatic rings. The van der Waals surface area contributed by atoms with Crippen LogP contribution in [0.4, 0.5) is 0 Å². The Morgan fingerprint density at radius 1 is 0.667 bits per heavy atom. The van der Waals surface area contributed by atoms with Crippen molar-refractivity contribution < 1.29 is 35.9 Å². The molecule has 3 heterocycles. The number of ether oxygens (including phenoxy) is 4. The van der Waals surface area contributed by atoms with Gasteiger partial charge in [0.1, 0.15) is 0 Å². The van der Waals surface area contributed by atoms with Gasteiger partial charge in [-0.25, -0.2) is 0 Å². The lowest BCUT2D eigenvalue weighted by atomic mass is 9.99. The highest BCUT2D eigenvalue weighted by Gasteiger charge is 2.25. The van der Waals surface area contributed by atoms with E-state index in [1.807, 2.05) is 6.07 Å². The summed E-state index contributed by atoms with van der Waals surface area (Å²) in [5.41, 5.74) is 2.49. The largest absolute Gasteiger partial charge is 1.00 e. The molecule has 33 heavy (non-hydrogen) atoms. The van der Waals surface area contributed by atoms with Crippen LogP contribution in [0.3, 0.4) is 0 Å². The molecule has 0 atom stereocenters. The van der Waals surface area contributed by atoms with Crippen LogP contribution in [-0.4, -0.2) is 13.6 Å². The smallest absolute Gasteiger partial charge is 0.231 e. The Kier molecular flexibility index (Phi) is 4.66. The van der Waals surface area contributed by atoms with Crippen LogP contribution in [0.25, 0.3) is 32.4 Å². The quantitative estimate of drug-likeness (QED) is 0.307. The van der Waals surface area contributed by atoms with Gasteiger partial charge in [-0.2, -0.15) is 4.57 Å². The van der Waals surface area contributed by atoms with E-state index in [1.165, 1.54) is 16.5 Å². The van der Waals surface area contributed by atoms with E-state index in [-0.39, 0.29) is 26.0 Å². The molecule has 1 aromatic heterocycles. The highest BCUT2D eigenvalue weighted by atomic mass is 35.5. The van der Waals surface area contributed by atoms with Crippen molar-refractivity contribution in [1.29, 1.82) is 0 Å². The molecule has 5 nitrogen and oxygen atoms in total. The Morgan fingerprint density at radius 3 is 2.30 bits per heavy atom. The number of nitrogens with zero attached hydrogens (tertiary/aromatic N) is 1. The summed E-state index contributed by atoms with van der Waals surface area (Å²) in [4.78, 5) is 0. The minimum atomic E-state index is 0. The van der Waals surface area contributed by atoms with E-state index >= 15 is 0 Å². The molecule has 0 amide bonds. The third-order valence-corrected chi connectivity index (χ3v) is 6.41. The summed E-state index contributed by atoms with van der Waals surface area (Å²) in [6.45, 7) is 1.37. The minimum absolute atomic E-state index is 0. The van der Waals surface area contributed by atoms with Gasteiger partial charge >= 0.3 is 0 Å². The van der Waals surface area contributed by atoms with Crippen LogP contribution >= 0.6 is 0 Å². The van der Waals surface area contributed by atoms with Crippen LogP contribution in [-0.2, 0) is 13.0 Å². The topological polar surface area (TPSA) is 40.8 Å². The number of hydrogen-bond acceptors (Lipinski definition) is 4. The zero-order valence-electron chi connectivity index (χ0n) is 17.7. The predicted molar refractivity (Wildman–Crippen MR) is 122 cm³/mol. The summed E-state index contributed by atoms with van der Waals surface area (Å²) < 4.78 is 25.2. The lowest BCUT2D eigenvalue weighted by Gasteiger charge is -2.10. The van der Waals surface area contributed by atoms with Gasteiger partial charge < -0.3 is 31.4 Å². The first kappa shape index (κ1) is 19.9. The van der Waals surface area contributed by atoms with E-state index in [2.05, 4.69) is 71.4 Å². The highest BCUT2D eigenvalue weighted by molar-refractivity contribution is 6.15. The van der Waals surface area contributed by atoms with Crippen LogP contribution in [0, 0.1) is 0 Å². The molecule has 0 radical (unpaired) electrons. The Bertz CT molecular complexity index is 1530. The van der Waals surface area contributed by atoms with Crippen LogP contribution in [0.5, 0.6) is 23.0 Å². The van der Waals surface area contributed by atoms with E-state index < -0.39 is 0 Å². The summed E-state index contributed by atoms with van der Waals surface area (Å²) in [6, 6.07) is 23.3. The van der Waals surface area contributed by atoms with Crippen molar-refractivity contribution in [2.75, 3.05) is 13.6 Å². The summed E-state index contributed by atoms with van der Waals surface area (Å²) in [5, 5.41) is 5.69. The fourth-order valence-corrected chi connectivity index (χ4v) is 4.87. The van der Waals surface area contributed by atoms with E-state index in [9.17, 15) is 0 Å². The molecule has 0 saturated heterocycles. The van der Waals surface area contributed by atoms with Crippen LogP contribution in [0.2, 0.25) is 0 Å². The minimum Gasteiger partial charge on any atom is -1.00 e. The van der Waals surface area contributed by atoms with E-state index in [4.69, 9.17) is 18.9 Å². The number of hydrogen-bond donors (Lipinski definition) is 0. The fraction of sp³-hybridized carbons (Fsp3) is 0.148. The van der Waals surface area contributed by atoms with Gasteiger partial charge in [0.2, 0.25) is 19.1 Å². The SMILES string of the molecule is [Cl-].c1ccc(CC[n+]2cc3c4c(ccc3c3ccc5cc6c(cc5c32)OCO6)OCO4)cc1. The first-order chi connectivity index (χ1) is 15.8. The molecule has 0 aliphatic carbocycles. The number of benzene rings is 4. The van der Waals surface area contributed by atoms with Crippen molar-refractivity contribution >= 4 is 32.4 Å². The molecule has 0 fully saturated rings. The molecule has 164 valence electrons. The molecule has 0 N–H and O–H groups in total. The fourth-order valence-electron chi connectivity index (χ4n) is 4.87. The molecule has 7 rings (SSSR count). The zero-order valence-corrected chi connectivity index (χ0v) is 18.5. The van der Waals surface area contributed by atoms with Crippen molar-refractivity contribution in [2.45, 2.75) is 13.0 Å². The molecule has 4 aromatic carbocycles. The number of aromatic nitrogens is 1. The average molecular weight is 458 g/mol. The summed E-state index contributed by atoms with van der Waals surface area (Å²) in [7, 11) is 0. The number of fused-ring (bicyclic) bond motifs is 8. The second-order valence-electron chi connectivity index (χ2n) is 8.21. The third-order valence-electron chi connectivity index (χ3n) is 6.41. The first-order valence-corrected chi connectivity index (χ1v) is 10.8. The summed E-state index contributed by atoms with van der Waals surface area (Å²) in [6.07, 6.45) is 3.14. The first-order valence-electron chi connectivity index (χ1n) is 10.8. The zero-order chi connectivity index (χ0) is 21.1.